The van der Waals surface area contributed by atoms with Gasteiger partial charge in [-0.25, -0.2) is 0 Å². The van der Waals surface area contributed by atoms with E-state index in [0.717, 1.165) is 6.54 Å². The molecular weight excluding hydrogens is 260 g/mol. The van der Waals surface area contributed by atoms with Gasteiger partial charge < -0.3 is 10.2 Å². The van der Waals surface area contributed by atoms with E-state index in [0.29, 0.717) is 6.04 Å². The molecule has 1 saturated heterocycles. The molecule has 1 aliphatic heterocycles. The first kappa shape index (κ1) is 14.0. The zero-order chi connectivity index (χ0) is 14.7. The lowest BCUT2D eigenvalue weighted by Gasteiger charge is -2.21. The van der Waals surface area contributed by atoms with Crippen molar-refractivity contribution in [2.75, 3.05) is 23.3 Å². The quantitative estimate of drug-likeness (QED) is 0.909. The Morgan fingerprint density at radius 1 is 1.19 bits per heavy atom. The van der Waals surface area contributed by atoms with Crippen LogP contribution < -0.4 is 10.2 Å². The van der Waals surface area contributed by atoms with Crippen LogP contribution in [0.5, 0.6) is 0 Å². The number of hydrogen-bond acceptors (Lipinski definition) is 3. The minimum Gasteiger partial charge on any atom is -0.379 e. The highest BCUT2D eigenvalue weighted by Gasteiger charge is 2.15. The molecule has 2 heterocycles. The summed E-state index contributed by atoms with van der Waals surface area (Å²) in [5, 5.41) is 7.96. The van der Waals surface area contributed by atoms with E-state index >= 15 is 0 Å². The summed E-state index contributed by atoms with van der Waals surface area (Å²) in [5.41, 5.74) is 3.77. The molecule has 0 spiro atoms. The predicted octanol–water partition coefficient (Wildman–Crippen LogP) is 3.68. The van der Waals surface area contributed by atoms with Gasteiger partial charge in [-0.3, -0.25) is 4.68 Å². The normalized spacial score (nSPS) is 14.9. The van der Waals surface area contributed by atoms with Crippen LogP contribution in [0, 0.1) is 0 Å². The molecule has 21 heavy (non-hydrogen) atoms. The second kappa shape index (κ2) is 6.20. The average Bonchev–Trinajstić information content (AvgIpc) is 3.17. The van der Waals surface area contributed by atoms with Crippen LogP contribution in [0.3, 0.4) is 0 Å². The van der Waals surface area contributed by atoms with Gasteiger partial charge >= 0.3 is 0 Å². The van der Waals surface area contributed by atoms with Crippen molar-refractivity contribution in [3.8, 4) is 0 Å². The third kappa shape index (κ3) is 3.20. The third-order valence-electron chi connectivity index (χ3n) is 4.02. The average molecular weight is 284 g/mol. The highest BCUT2D eigenvalue weighted by Crippen LogP contribution is 2.28. The number of nitrogens with zero attached hydrogens (tertiary/aromatic N) is 3. The molecule has 1 fully saturated rings. The number of hydrogen-bond donors (Lipinski definition) is 1. The van der Waals surface area contributed by atoms with Crippen molar-refractivity contribution in [3.63, 3.8) is 0 Å². The summed E-state index contributed by atoms with van der Waals surface area (Å²) in [6.45, 7) is 7.45. The Balaban J connectivity index is 1.69. The molecule has 4 nitrogen and oxygen atoms in total. The van der Waals surface area contributed by atoms with E-state index in [9.17, 15) is 0 Å². The molecule has 1 aromatic heterocycles. The third-order valence-corrected chi connectivity index (χ3v) is 4.02. The summed E-state index contributed by atoms with van der Waals surface area (Å²) < 4.78 is 2.00. The lowest BCUT2D eigenvalue weighted by Crippen LogP contribution is -2.19. The van der Waals surface area contributed by atoms with Crippen molar-refractivity contribution in [2.45, 2.75) is 39.3 Å². The van der Waals surface area contributed by atoms with E-state index < -0.39 is 0 Å². The van der Waals surface area contributed by atoms with E-state index in [1.54, 1.807) is 0 Å². The maximum atomic E-state index is 4.39. The van der Waals surface area contributed by atoms with Crippen molar-refractivity contribution in [2.24, 2.45) is 0 Å². The molecule has 0 aliphatic carbocycles. The second-order valence-corrected chi connectivity index (χ2v) is 5.99. The monoisotopic (exact) mass is 284 g/mol. The Bertz CT molecular complexity index is 582. The topological polar surface area (TPSA) is 33.1 Å². The molecule has 2 aromatic rings. The van der Waals surface area contributed by atoms with E-state index in [-0.39, 0.29) is 0 Å². The predicted molar refractivity (Wildman–Crippen MR) is 87.8 cm³/mol. The van der Waals surface area contributed by atoms with Crippen LogP contribution in [0.15, 0.2) is 36.7 Å². The molecule has 0 radical (unpaired) electrons. The van der Waals surface area contributed by atoms with Crippen LogP contribution in [0.2, 0.25) is 0 Å². The standard InChI is InChI=1S/C17H24N4/c1-14(2)21-13-15(12-19-21)11-18-16-7-3-4-8-17(16)20-9-5-6-10-20/h3-4,7-8,12-14,18H,5-6,9-11H2,1-2H3. The number of nitrogens with one attached hydrogen (secondary N) is 1. The van der Waals surface area contributed by atoms with Crippen LogP contribution in [0.4, 0.5) is 11.4 Å². The highest BCUT2D eigenvalue weighted by atomic mass is 15.3. The smallest absolute Gasteiger partial charge is 0.0602 e. The first-order chi connectivity index (χ1) is 10.2. The summed E-state index contributed by atoms with van der Waals surface area (Å²) in [7, 11) is 0. The first-order valence-corrected chi connectivity index (χ1v) is 7.85. The molecule has 0 saturated carbocycles. The molecule has 0 bridgehead atoms. The number of anilines is 2. The van der Waals surface area contributed by atoms with Gasteiger partial charge in [-0.05, 0) is 38.8 Å². The fraction of sp³-hybridized carbons (Fsp3) is 0.471. The molecule has 0 unspecified atom stereocenters. The summed E-state index contributed by atoms with van der Waals surface area (Å²) in [5.74, 6) is 0. The fourth-order valence-electron chi connectivity index (χ4n) is 2.81. The van der Waals surface area contributed by atoms with Gasteiger partial charge in [-0.1, -0.05) is 12.1 Å². The number of aromatic nitrogens is 2. The van der Waals surface area contributed by atoms with Gasteiger partial charge in [0.15, 0.2) is 0 Å². The molecule has 1 aliphatic rings. The van der Waals surface area contributed by atoms with Crippen LogP contribution in [-0.4, -0.2) is 22.9 Å². The Morgan fingerprint density at radius 3 is 2.67 bits per heavy atom. The molecule has 3 rings (SSSR count). The van der Waals surface area contributed by atoms with Crippen LogP contribution in [-0.2, 0) is 6.54 Å². The Hall–Kier alpha value is -1.97. The maximum absolute atomic E-state index is 4.39. The minimum absolute atomic E-state index is 0.413. The van der Waals surface area contributed by atoms with E-state index in [1.165, 1.54) is 42.9 Å². The van der Waals surface area contributed by atoms with Crippen molar-refractivity contribution < 1.29 is 0 Å². The van der Waals surface area contributed by atoms with Crippen LogP contribution >= 0.6 is 0 Å². The Labute approximate surface area is 126 Å². The summed E-state index contributed by atoms with van der Waals surface area (Å²) in [6.07, 6.45) is 6.67. The van der Waals surface area contributed by atoms with E-state index in [2.05, 4.69) is 59.6 Å². The van der Waals surface area contributed by atoms with Gasteiger partial charge in [0.25, 0.3) is 0 Å². The van der Waals surface area contributed by atoms with Gasteiger partial charge in [0.05, 0.1) is 17.6 Å². The largest absolute Gasteiger partial charge is 0.379 e. The lowest BCUT2D eigenvalue weighted by molar-refractivity contribution is 0.532. The lowest BCUT2D eigenvalue weighted by atomic mass is 10.2. The van der Waals surface area contributed by atoms with Gasteiger partial charge in [-0.15, -0.1) is 0 Å². The van der Waals surface area contributed by atoms with Crippen LogP contribution in [0.25, 0.3) is 0 Å². The summed E-state index contributed by atoms with van der Waals surface area (Å²) in [6, 6.07) is 9.01. The van der Waals surface area contributed by atoms with Crippen LogP contribution in [0.1, 0.15) is 38.3 Å². The molecule has 0 atom stereocenters. The maximum Gasteiger partial charge on any atom is 0.0602 e. The number of rotatable bonds is 5. The Kier molecular flexibility index (Phi) is 4.13. The van der Waals surface area contributed by atoms with Crippen molar-refractivity contribution in [1.29, 1.82) is 0 Å². The molecule has 112 valence electrons. The molecule has 0 amide bonds. The summed E-state index contributed by atoms with van der Waals surface area (Å²) in [4.78, 5) is 2.47. The van der Waals surface area contributed by atoms with E-state index in [1.807, 2.05) is 10.9 Å². The molecule has 1 aromatic carbocycles. The zero-order valence-electron chi connectivity index (χ0n) is 12.9. The second-order valence-electron chi connectivity index (χ2n) is 5.99. The highest BCUT2D eigenvalue weighted by molar-refractivity contribution is 5.70. The molecule has 4 heteroatoms. The number of benzene rings is 1. The molecular formula is C17H24N4. The van der Waals surface area contributed by atoms with Gasteiger partial charge in [-0.2, -0.15) is 5.10 Å². The molecule has 1 N–H and O–H groups in total. The first-order valence-electron chi connectivity index (χ1n) is 7.85. The Morgan fingerprint density at radius 2 is 1.95 bits per heavy atom. The zero-order valence-corrected chi connectivity index (χ0v) is 12.9. The minimum atomic E-state index is 0.413. The number of para-hydroxylation sites is 2. The fourth-order valence-corrected chi connectivity index (χ4v) is 2.81. The van der Waals surface area contributed by atoms with Gasteiger partial charge in [0.1, 0.15) is 0 Å². The van der Waals surface area contributed by atoms with Crippen molar-refractivity contribution >= 4 is 11.4 Å². The summed E-state index contributed by atoms with van der Waals surface area (Å²) >= 11 is 0. The SMILES string of the molecule is CC(C)n1cc(CNc2ccccc2N2CCCC2)cn1. The van der Waals surface area contributed by atoms with Gasteiger partial charge in [0.2, 0.25) is 0 Å². The van der Waals surface area contributed by atoms with Gasteiger partial charge in [0, 0.05) is 37.4 Å². The van der Waals surface area contributed by atoms with Crippen molar-refractivity contribution in [1.82, 2.24) is 9.78 Å². The van der Waals surface area contributed by atoms with E-state index in [4.69, 9.17) is 0 Å². The van der Waals surface area contributed by atoms with Crippen molar-refractivity contribution in [3.05, 3.63) is 42.2 Å².